The molecule has 0 saturated carbocycles. The number of rotatable bonds is 3. The van der Waals surface area contributed by atoms with E-state index in [4.69, 9.17) is 0 Å². The molecule has 3 rings (SSSR count). The molecule has 1 aliphatic rings. The van der Waals surface area contributed by atoms with E-state index in [0.717, 1.165) is 47.9 Å². The Morgan fingerprint density at radius 1 is 0.885 bits per heavy atom. The van der Waals surface area contributed by atoms with Crippen molar-refractivity contribution in [1.82, 2.24) is 4.31 Å². The molecule has 0 aliphatic carbocycles. The molecule has 1 fully saturated rings. The second-order valence-corrected chi connectivity index (χ2v) is 9.45. The highest BCUT2D eigenvalue weighted by Gasteiger charge is 2.35. The zero-order chi connectivity index (χ0) is 18.9. The van der Waals surface area contributed by atoms with Gasteiger partial charge in [0, 0.05) is 6.54 Å². The Morgan fingerprint density at radius 3 is 2.23 bits per heavy atom. The van der Waals surface area contributed by atoms with E-state index in [1.54, 1.807) is 4.31 Å². The third-order valence-electron chi connectivity index (χ3n) is 5.30. The minimum Gasteiger partial charge on any atom is -0.207 e. The molecular weight excluding hydrogens is 342 g/mol. The van der Waals surface area contributed by atoms with Crippen LogP contribution in [0.5, 0.6) is 0 Å². The van der Waals surface area contributed by atoms with Crippen molar-refractivity contribution in [3.05, 3.63) is 64.2 Å². The van der Waals surface area contributed by atoms with E-state index in [9.17, 15) is 8.42 Å². The van der Waals surface area contributed by atoms with Crippen molar-refractivity contribution < 1.29 is 8.42 Å². The molecule has 0 radical (unpaired) electrons. The normalized spacial score (nSPS) is 19.3. The second kappa shape index (κ2) is 7.53. The molecule has 26 heavy (non-hydrogen) atoms. The molecule has 0 aromatic heterocycles. The largest absolute Gasteiger partial charge is 0.244 e. The molecule has 0 spiro atoms. The molecule has 140 valence electrons. The van der Waals surface area contributed by atoms with Crippen molar-refractivity contribution in [3.63, 3.8) is 0 Å². The molecule has 1 aliphatic heterocycles. The summed E-state index contributed by atoms with van der Waals surface area (Å²) in [5.74, 6) is 0. The summed E-state index contributed by atoms with van der Waals surface area (Å²) in [5, 5.41) is 0. The number of hydrogen-bond acceptors (Lipinski definition) is 2. The second-order valence-electron chi connectivity index (χ2n) is 7.62. The first kappa shape index (κ1) is 19.1. The predicted octanol–water partition coefficient (Wildman–Crippen LogP) is 5.23. The van der Waals surface area contributed by atoms with Crippen LogP contribution in [-0.2, 0) is 10.0 Å². The monoisotopic (exact) mass is 371 g/mol. The van der Waals surface area contributed by atoms with Gasteiger partial charge in [0.1, 0.15) is 0 Å². The van der Waals surface area contributed by atoms with Crippen LogP contribution >= 0.6 is 0 Å². The highest BCUT2D eigenvalue weighted by atomic mass is 32.2. The molecule has 0 bridgehead atoms. The Hall–Kier alpha value is -1.65. The van der Waals surface area contributed by atoms with Gasteiger partial charge in [-0.1, -0.05) is 60.4 Å². The molecule has 4 heteroatoms. The van der Waals surface area contributed by atoms with Crippen molar-refractivity contribution >= 4 is 10.0 Å². The molecular formula is C22H29NO2S. The summed E-state index contributed by atoms with van der Waals surface area (Å²) >= 11 is 0. The summed E-state index contributed by atoms with van der Waals surface area (Å²) in [6, 6.07) is 12.2. The van der Waals surface area contributed by atoms with Crippen LogP contribution in [0, 0.1) is 27.7 Å². The van der Waals surface area contributed by atoms with Crippen molar-refractivity contribution in [2.45, 2.75) is 64.3 Å². The Bertz CT molecular complexity index is 879. The van der Waals surface area contributed by atoms with Gasteiger partial charge in [0.2, 0.25) is 10.0 Å². The van der Waals surface area contributed by atoms with Gasteiger partial charge in [-0.3, -0.25) is 0 Å². The molecule has 0 N–H and O–H groups in total. The zero-order valence-corrected chi connectivity index (χ0v) is 17.1. The molecule has 1 unspecified atom stereocenters. The van der Waals surface area contributed by atoms with Gasteiger partial charge < -0.3 is 0 Å². The van der Waals surface area contributed by atoms with Crippen LogP contribution in [0.3, 0.4) is 0 Å². The number of hydrogen-bond donors (Lipinski definition) is 0. The Morgan fingerprint density at radius 2 is 1.58 bits per heavy atom. The van der Waals surface area contributed by atoms with Gasteiger partial charge in [0.15, 0.2) is 0 Å². The average Bonchev–Trinajstić information content (AvgIpc) is 2.80. The zero-order valence-electron chi connectivity index (χ0n) is 16.2. The highest BCUT2D eigenvalue weighted by Crippen LogP contribution is 2.36. The predicted molar refractivity (Wildman–Crippen MR) is 107 cm³/mol. The van der Waals surface area contributed by atoms with Crippen molar-refractivity contribution in [2.75, 3.05) is 6.54 Å². The molecule has 1 heterocycles. The first-order chi connectivity index (χ1) is 12.3. The number of sulfonamides is 1. The van der Waals surface area contributed by atoms with Crippen LogP contribution in [-0.4, -0.2) is 19.3 Å². The molecule has 3 nitrogen and oxygen atoms in total. The summed E-state index contributed by atoms with van der Waals surface area (Å²) < 4.78 is 29.1. The van der Waals surface area contributed by atoms with Crippen molar-refractivity contribution in [1.29, 1.82) is 0 Å². The van der Waals surface area contributed by atoms with Crippen LogP contribution in [0.15, 0.2) is 41.3 Å². The molecule has 1 atom stereocenters. The summed E-state index contributed by atoms with van der Waals surface area (Å²) in [7, 11) is -3.54. The summed E-state index contributed by atoms with van der Waals surface area (Å²) in [6.45, 7) is 8.48. The van der Waals surface area contributed by atoms with Gasteiger partial charge in [-0.15, -0.1) is 0 Å². The standard InChI is InChI=1S/C22H29NO2S/c1-16-9-8-10-20(15-16)21-11-6-5-7-12-23(21)26(24,25)22-18(3)13-17(2)14-19(22)4/h8-10,13-15,21H,5-7,11-12H2,1-4H3. The van der Waals surface area contributed by atoms with E-state index < -0.39 is 10.0 Å². The van der Waals surface area contributed by atoms with E-state index in [1.165, 1.54) is 5.56 Å². The fourth-order valence-corrected chi connectivity index (χ4v) is 6.37. The Labute approximate surface area is 158 Å². The lowest BCUT2D eigenvalue weighted by Crippen LogP contribution is -2.35. The molecule has 2 aromatic rings. The Kier molecular flexibility index (Phi) is 5.54. The van der Waals surface area contributed by atoms with Crippen LogP contribution in [0.1, 0.15) is 59.5 Å². The fraction of sp³-hybridized carbons (Fsp3) is 0.455. The number of aryl methyl sites for hydroxylation is 4. The minimum atomic E-state index is -3.54. The first-order valence-electron chi connectivity index (χ1n) is 9.47. The van der Waals surface area contributed by atoms with Gasteiger partial charge in [-0.05, 0) is 57.2 Å². The average molecular weight is 372 g/mol. The van der Waals surface area contributed by atoms with Crippen LogP contribution < -0.4 is 0 Å². The smallest absolute Gasteiger partial charge is 0.207 e. The maximum atomic E-state index is 13.7. The van der Waals surface area contributed by atoms with Gasteiger partial charge in [-0.25, -0.2) is 8.42 Å². The van der Waals surface area contributed by atoms with Gasteiger partial charge >= 0.3 is 0 Å². The topological polar surface area (TPSA) is 37.4 Å². The molecule has 0 amide bonds. The van der Waals surface area contributed by atoms with Gasteiger partial charge in [-0.2, -0.15) is 4.31 Å². The minimum absolute atomic E-state index is 0.0810. The van der Waals surface area contributed by atoms with Crippen molar-refractivity contribution in [3.8, 4) is 0 Å². The van der Waals surface area contributed by atoms with E-state index in [0.29, 0.717) is 11.4 Å². The van der Waals surface area contributed by atoms with E-state index >= 15 is 0 Å². The van der Waals surface area contributed by atoms with Gasteiger partial charge in [0.25, 0.3) is 0 Å². The lowest BCUT2D eigenvalue weighted by atomic mass is 10.0. The summed E-state index contributed by atoms with van der Waals surface area (Å²) in [5.41, 5.74) is 5.07. The molecule has 2 aromatic carbocycles. The first-order valence-corrected chi connectivity index (χ1v) is 10.9. The Balaban J connectivity index is 2.11. The lowest BCUT2D eigenvalue weighted by Gasteiger charge is -2.31. The molecule has 1 saturated heterocycles. The van der Waals surface area contributed by atoms with Gasteiger partial charge in [0.05, 0.1) is 10.9 Å². The van der Waals surface area contributed by atoms with Crippen LogP contribution in [0.4, 0.5) is 0 Å². The van der Waals surface area contributed by atoms with Crippen LogP contribution in [0.25, 0.3) is 0 Å². The van der Waals surface area contributed by atoms with Crippen molar-refractivity contribution in [2.24, 2.45) is 0 Å². The summed E-state index contributed by atoms with van der Waals surface area (Å²) in [6.07, 6.45) is 3.95. The maximum absolute atomic E-state index is 13.7. The third kappa shape index (κ3) is 3.72. The van der Waals surface area contributed by atoms with E-state index in [1.807, 2.05) is 39.0 Å². The lowest BCUT2D eigenvalue weighted by molar-refractivity contribution is 0.328. The quantitative estimate of drug-likeness (QED) is 0.741. The third-order valence-corrected chi connectivity index (χ3v) is 7.52. The number of benzene rings is 2. The maximum Gasteiger partial charge on any atom is 0.244 e. The highest BCUT2D eigenvalue weighted by molar-refractivity contribution is 7.89. The van der Waals surface area contributed by atoms with Crippen LogP contribution in [0.2, 0.25) is 0 Å². The fourth-order valence-electron chi connectivity index (χ4n) is 4.27. The van der Waals surface area contributed by atoms with E-state index in [-0.39, 0.29) is 6.04 Å². The SMILES string of the molecule is Cc1cccc(C2CCCCCN2S(=O)(=O)c2c(C)cc(C)cc2C)c1. The van der Waals surface area contributed by atoms with E-state index in [2.05, 4.69) is 25.1 Å². The summed E-state index contributed by atoms with van der Waals surface area (Å²) in [4.78, 5) is 0.489. The number of nitrogens with zero attached hydrogens (tertiary/aromatic N) is 1.